The van der Waals surface area contributed by atoms with Crippen LogP contribution in [0.4, 0.5) is 0 Å². The first-order valence-electron chi connectivity index (χ1n) is 12.2. The van der Waals surface area contributed by atoms with Crippen molar-refractivity contribution in [2.75, 3.05) is 13.1 Å². The number of benzene rings is 3. The van der Waals surface area contributed by atoms with Gasteiger partial charge in [-0.3, -0.25) is 9.59 Å². The Balaban J connectivity index is 1.26. The van der Waals surface area contributed by atoms with Gasteiger partial charge in [0.15, 0.2) is 0 Å². The maximum Gasteiger partial charge on any atom is 0.254 e. The smallest absolute Gasteiger partial charge is 0.254 e. The molecule has 1 atom stereocenters. The van der Waals surface area contributed by atoms with Gasteiger partial charge in [-0.2, -0.15) is 5.10 Å². The van der Waals surface area contributed by atoms with Gasteiger partial charge >= 0.3 is 0 Å². The second-order valence-electron chi connectivity index (χ2n) is 9.23. The van der Waals surface area contributed by atoms with Gasteiger partial charge in [-0.1, -0.05) is 54.6 Å². The number of piperidine rings is 1. The molecule has 1 fully saturated rings. The molecule has 1 aliphatic rings. The van der Waals surface area contributed by atoms with Crippen molar-refractivity contribution in [3.8, 4) is 5.69 Å². The minimum absolute atomic E-state index is 0.00451. The number of hydrogen-bond donors (Lipinski definition) is 1. The summed E-state index contributed by atoms with van der Waals surface area (Å²) in [5, 5.41) is 9.79. The molecule has 1 unspecified atom stereocenters. The van der Waals surface area contributed by atoms with E-state index in [9.17, 15) is 9.59 Å². The highest BCUT2D eigenvalue weighted by atomic mass is 16.2. The van der Waals surface area contributed by atoms with E-state index < -0.39 is 0 Å². The van der Waals surface area contributed by atoms with Gasteiger partial charge in [0.25, 0.3) is 5.91 Å². The molecule has 1 aliphatic heterocycles. The van der Waals surface area contributed by atoms with Crippen LogP contribution in [0.15, 0.2) is 72.8 Å². The van der Waals surface area contributed by atoms with Crippen molar-refractivity contribution in [2.45, 2.75) is 33.2 Å². The van der Waals surface area contributed by atoms with Gasteiger partial charge < -0.3 is 10.2 Å². The van der Waals surface area contributed by atoms with E-state index in [1.807, 2.05) is 96.2 Å². The molecule has 1 aromatic heterocycles. The van der Waals surface area contributed by atoms with Crippen molar-refractivity contribution in [2.24, 2.45) is 5.92 Å². The number of nitrogens with one attached hydrogen (secondary N) is 1. The van der Waals surface area contributed by atoms with Crippen LogP contribution in [0.2, 0.25) is 0 Å². The zero-order valence-electron chi connectivity index (χ0n) is 20.2. The molecule has 35 heavy (non-hydrogen) atoms. The molecular formula is C29H30N4O2. The highest BCUT2D eigenvalue weighted by molar-refractivity contribution is 6.07. The standard InChI is InChI=1S/C29H30N4O2/c1-20-27(21(2)33(31-20)24-13-4-3-5-14-24)18-30-28(34)23-12-9-17-32(19-23)29(35)26-16-8-11-22-10-6-7-15-25(22)26/h3-8,10-11,13-16,23H,9,12,17-19H2,1-2H3,(H,30,34). The molecule has 1 N–H and O–H groups in total. The number of carbonyl (C=O) groups is 2. The third-order valence-electron chi connectivity index (χ3n) is 6.98. The van der Waals surface area contributed by atoms with E-state index in [-0.39, 0.29) is 17.7 Å². The fourth-order valence-corrected chi connectivity index (χ4v) is 5.03. The zero-order chi connectivity index (χ0) is 24.4. The highest BCUT2D eigenvalue weighted by Gasteiger charge is 2.29. The maximum atomic E-state index is 13.4. The molecule has 6 nitrogen and oxygen atoms in total. The lowest BCUT2D eigenvalue weighted by Gasteiger charge is -2.32. The first kappa shape index (κ1) is 22.8. The third-order valence-corrected chi connectivity index (χ3v) is 6.98. The van der Waals surface area contributed by atoms with Crippen LogP contribution in [0.5, 0.6) is 0 Å². The van der Waals surface area contributed by atoms with Crippen LogP contribution < -0.4 is 5.32 Å². The van der Waals surface area contributed by atoms with Crippen molar-refractivity contribution in [3.05, 3.63) is 95.3 Å². The van der Waals surface area contributed by atoms with Gasteiger partial charge in [0.2, 0.25) is 5.91 Å². The minimum Gasteiger partial charge on any atom is -0.352 e. The molecule has 0 bridgehead atoms. The Labute approximate surface area is 205 Å². The molecule has 4 aromatic rings. The number of aryl methyl sites for hydroxylation is 1. The van der Waals surface area contributed by atoms with Crippen LogP contribution in [0, 0.1) is 19.8 Å². The monoisotopic (exact) mass is 466 g/mol. The Morgan fingerprint density at radius 1 is 0.971 bits per heavy atom. The van der Waals surface area contributed by atoms with Crippen molar-refractivity contribution in [1.82, 2.24) is 20.0 Å². The normalized spacial score (nSPS) is 15.8. The van der Waals surface area contributed by atoms with Crippen LogP contribution in [0.25, 0.3) is 16.5 Å². The minimum atomic E-state index is -0.215. The number of fused-ring (bicyclic) bond motifs is 1. The fourth-order valence-electron chi connectivity index (χ4n) is 5.03. The van der Waals surface area contributed by atoms with Crippen molar-refractivity contribution in [3.63, 3.8) is 0 Å². The summed E-state index contributed by atoms with van der Waals surface area (Å²) in [6.45, 7) is 5.54. The van der Waals surface area contributed by atoms with Gasteiger partial charge in [-0.15, -0.1) is 0 Å². The summed E-state index contributed by atoms with van der Waals surface area (Å²) in [6, 6.07) is 23.7. The molecule has 6 heteroatoms. The average Bonchev–Trinajstić information content (AvgIpc) is 3.19. The Kier molecular flexibility index (Phi) is 6.36. The lowest BCUT2D eigenvalue weighted by Crippen LogP contribution is -2.45. The quantitative estimate of drug-likeness (QED) is 0.459. The number of aromatic nitrogens is 2. The predicted octanol–water partition coefficient (Wildman–Crippen LogP) is 4.81. The van der Waals surface area contributed by atoms with Crippen LogP contribution in [0.3, 0.4) is 0 Å². The molecule has 0 radical (unpaired) electrons. The summed E-state index contributed by atoms with van der Waals surface area (Å²) in [4.78, 5) is 28.3. The molecule has 2 heterocycles. The van der Waals surface area contributed by atoms with Crippen LogP contribution >= 0.6 is 0 Å². The number of para-hydroxylation sites is 1. The highest BCUT2D eigenvalue weighted by Crippen LogP contribution is 2.24. The second-order valence-corrected chi connectivity index (χ2v) is 9.23. The van der Waals surface area contributed by atoms with E-state index in [1.54, 1.807) is 0 Å². The van der Waals surface area contributed by atoms with Gasteiger partial charge in [0, 0.05) is 36.5 Å². The van der Waals surface area contributed by atoms with E-state index >= 15 is 0 Å². The summed E-state index contributed by atoms with van der Waals surface area (Å²) in [5.41, 5.74) is 4.65. The molecular weight excluding hydrogens is 436 g/mol. The Bertz CT molecular complexity index is 1370. The van der Waals surface area contributed by atoms with Gasteiger partial charge in [-0.25, -0.2) is 4.68 Å². The van der Waals surface area contributed by atoms with E-state index in [2.05, 4.69) is 10.4 Å². The predicted molar refractivity (Wildman–Crippen MR) is 137 cm³/mol. The SMILES string of the molecule is Cc1nn(-c2ccccc2)c(C)c1CNC(=O)C1CCCN(C(=O)c2cccc3ccccc23)C1. The summed E-state index contributed by atoms with van der Waals surface area (Å²) in [5.74, 6) is -0.228. The molecule has 3 aromatic carbocycles. The first-order valence-corrected chi connectivity index (χ1v) is 12.2. The van der Waals surface area contributed by atoms with Gasteiger partial charge in [0.1, 0.15) is 0 Å². The van der Waals surface area contributed by atoms with Crippen LogP contribution in [-0.4, -0.2) is 39.6 Å². The third kappa shape index (κ3) is 4.56. The van der Waals surface area contributed by atoms with Crippen molar-refractivity contribution < 1.29 is 9.59 Å². The van der Waals surface area contributed by atoms with Gasteiger partial charge in [0.05, 0.1) is 17.3 Å². The Morgan fingerprint density at radius 3 is 2.54 bits per heavy atom. The number of nitrogens with zero attached hydrogens (tertiary/aromatic N) is 3. The molecule has 1 saturated heterocycles. The van der Waals surface area contributed by atoms with E-state index in [0.717, 1.165) is 46.3 Å². The van der Waals surface area contributed by atoms with Crippen LogP contribution in [-0.2, 0) is 11.3 Å². The molecule has 178 valence electrons. The lowest BCUT2D eigenvalue weighted by molar-refractivity contribution is -0.126. The molecule has 5 rings (SSSR count). The summed E-state index contributed by atoms with van der Waals surface area (Å²) >= 11 is 0. The summed E-state index contributed by atoms with van der Waals surface area (Å²) < 4.78 is 1.92. The fraction of sp³-hybridized carbons (Fsp3) is 0.276. The number of likely N-dealkylation sites (tertiary alicyclic amines) is 1. The topological polar surface area (TPSA) is 67.2 Å². The Morgan fingerprint density at radius 2 is 1.71 bits per heavy atom. The van der Waals surface area contributed by atoms with E-state index in [1.165, 1.54) is 0 Å². The number of carbonyl (C=O) groups excluding carboxylic acids is 2. The molecule has 0 aliphatic carbocycles. The molecule has 0 saturated carbocycles. The summed E-state index contributed by atoms with van der Waals surface area (Å²) in [6.07, 6.45) is 1.60. The second kappa shape index (κ2) is 9.74. The molecule has 2 amide bonds. The average molecular weight is 467 g/mol. The van der Waals surface area contributed by atoms with Crippen LogP contribution in [0.1, 0.15) is 40.2 Å². The maximum absolute atomic E-state index is 13.4. The van der Waals surface area contributed by atoms with E-state index in [4.69, 9.17) is 0 Å². The number of rotatable bonds is 5. The number of hydrogen-bond acceptors (Lipinski definition) is 3. The lowest BCUT2D eigenvalue weighted by atomic mass is 9.95. The summed E-state index contributed by atoms with van der Waals surface area (Å²) in [7, 11) is 0. The largest absolute Gasteiger partial charge is 0.352 e. The first-order chi connectivity index (χ1) is 17.0. The van der Waals surface area contributed by atoms with E-state index in [0.29, 0.717) is 25.2 Å². The number of amides is 2. The van der Waals surface area contributed by atoms with Crippen molar-refractivity contribution >= 4 is 22.6 Å². The van der Waals surface area contributed by atoms with Gasteiger partial charge in [-0.05, 0) is 55.7 Å². The zero-order valence-corrected chi connectivity index (χ0v) is 20.2. The Hall–Kier alpha value is -3.93. The molecule has 0 spiro atoms. The van der Waals surface area contributed by atoms with Crippen molar-refractivity contribution in [1.29, 1.82) is 0 Å².